The Bertz CT molecular complexity index is 214. The maximum atomic E-state index is 11.0. The minimum absolute atomic E-state index is 0.238. The van der Waals surface area contributed by atoms with Gasteiger partial charge in [0.2, 0.25) is 0 Å². The van der Waals surface area contributed by atoms with Gasteiger partial charge < -0.3 is 19.7 Å². The van der Waals surface area contributed by atoms with Crippen LogP contribution in [0.4, 0.5) is 0 Å². The van der Waals surface area contributed by atoms with Gasteiger partial charge in [-0.15, -0.1) is 0 Å². The van der Waals surface area contributed by atoms with E-state index in [0.717, 1.165) is 13.1 Å². The zero-order chi connectivity index (χ0) is 13.1. The molecule has 0 aliphatic carbocycles. The zero-order valence-electron chi connectivity index (χ0n) is 10.8. The van der Waals surface area contributed by atoms with Crippen molar-refractivity contribution in [3.05, 3.63) is 0 Å². The van der Waals surface area contributed by atoms with Crippen molar-refractivity contribution in [3.63, 3.8) is 0 Å². The Kier molecular flexibility index (Phi) is 9.37. The van der Waals surface area contributed by atoms with Crippen LogP contribution in [0, 0.1) is 0 Å². The number of hydrogen-bond donors (Lipinski definition) is 1. The summed E-state index contributed by atoms with van der Waals surface area (Å²) in [7, 11) is 4.60. The van der Waals surface area contributed by atoms with E-state index in [1.54, 1.807) is 0 Å². The lowest BCUT2D eigenvalue weighted by Crippen LogP contribution is -2.34. The van der Waals surface area contributed by atoms with E-state index in [4.69, 9.17) is 0 Å². The third-order valence-corrected chi connectivity index (χ3v) is 2.40. The van der Waals surface area contributed by atoms with Gasteiger partial charge in [-0.3, -0.25) is 9.59 Å². The molecule has 0 heterocycles. The molecule has 100 valence electrons. The van der Waals surface area contributed by atoms with Crippen molar-refractivity contribution in [2.24, 2.45) is 0 Å². The van der Waals surface area contributed by atoms with Crippen LogP contribution in [0.5, 0.6) is 0 Å². The van der Waals surface area contributed by atoms with Crippen LogP contribution < -0.4 is 5.32 Å². The normalized spacial score (nSPS) is 10.4. The van der Waals surface area contributed by atoms with E-state index < -0.39 is 0 Å². The highest BCUT2D eigenvalue weighted by Gasteiger charge is 2.10. The van der Waals surface area contributed by atoms with Gasteiger partial charge in [0.15, 0.2) is 0 Å². The smallest absolute Gasteiger partial charge is 0.306 e. The van der Waals surface area contributed by atoms with Gasteiger partial charge in [-0.2, -0.15) is 0 Å². The van der Waals surface area contributed by atoms with E-state index in [-0.39, 0.29) is 11.9 Å². The van der Waals surface area contributed by atoms with Crippen molar-refractivity contribution in [2.75, 3.05) is 47.4 Å². The fraction of sp³-hybridized carbons (Fsp3) is 0.818. The molecule has 0 radical (unpaired) electrons. The summed E-state index contributed by atoms with van der Waals surface area (Å²) in [5.74, 6) is -0.477. The molecule has 0 unspecified atom stereocenters. The number of esters is 2. The molecule has 6 nitrogen and oxygen atoms in total. The lowest BCUT2D eigenvalue weighted by Gasteiger charge is -2.20. The van der Waals surface area contributed by atoms with Crippen LogP contribution in [0.25, 0.3) is 0 Å². The third-order valence-electron chi connectivity index (χ3n) is 2.40. The largest absolute Gasteiger partial charge is 0.469 e. The minimum atomic E-state index is -0.238. The number of carbonyl (C=O) groups is 2. The second-order valence-electron chi connectivity index (χ2n) is 3.60. The fourth-order valence-corrected chi connectivity index (χ4v) is 1.31. The van der Waals surface area contributed by atoms with Crippen LogP contribution in [-0.4, -0.2) is 64.3 Å². The maximum Gasteiger partial charge on any atom is 0.306 e. The number of ether oxygens (including phenoxy) is 2. The van der Waals surface area contributed by atoms with Gasteiger partial charge in [-0.25, -0.2) is 0 Å². The molecule has 1 N–H and O–H groups in total. The highest BCUT2D eigenvalue weighted by molar-refractivity contribution is 5.70. The maximum absolute atomic E-state index is 11.0. The monoisotopic (exact) mass is 246 g/mol. The quantitative estimate of drug-likeness (QED) is 0.560. The Hall–Kier alpha value is -1.14. The molecule has 0 aromatic carbocycles. The molecule has 0 saturated heterocycles. The molecule has 0 amide bonds. The highest BCUT2D eigenvalue weighted by atomic mass is 16.5. The standard InChI is InChI=1S/C11H22N2O4/c1-12-6-9-13(7-4-10(14)16-2)8-5-11(15)17-3/h12H,4-9H2,1-3H3. The highest BCUT2D eigenvalue weighted by Crippen LogP contribution is 1.96. The number of methoxy groups -OCH3 is 2. The van der Waals surface area contributed by atoms with Crippen LogP contribution in [-0.2, 0) is 19.1 Å². The molecule has 0 spiro atoms. The van der Waals surface area contributed by atoms with Crippen LogP contribution in [0.15, 0.2) is 0 Å². The average molecular weight is 246 g/mol. The zero-order valence-corrected chi connectivity index (χ0v) is 10.8. The summed E-state index contributed by atoms with van der Waals surface area (Å²) in [5, 5.41) is 3.03. The predicted molar refractivity (Wildman–Crippen MR) is 63.6 cm³/mol. The minimum Gasteiger partial charge on any atom is -0.469 e. The van der Waals surface area contributed by atoms with E-state index >= 15 is 0 Å². The first-order valence-corrected chi connectivity index (χ1v) is 5.64. The molecule has 0 saturated carbocycles. The van der Waals surface area contributed by atoms with Gasteiger partial charge in [-0.05, 0) is 7.05 Å². The Morgan fingerprint density at radius 2 is 1.47 bits per heavy atom. The molecule has 0 aromatic rings. The van der Waals surface area contributed by atoms with Gasteiger partial charge in [0.05, 0.1) is 27.1 Å². The van der Waals surface area contributed by atoms with E-state index in [1.807, 2.05) is 11.9 Å². The first-order valence-electron chi connectivity index (χ1n) is 5.64. The second kappa shape index (κ2) is 10.0. The molecule has 17 heavy (non-hydrogen) atoms. The number of nitrogens with zero attached hydrogens (tertiary/aromatic N) is 1. The first kappa shape index (κ1) is 15.9. The molecule has 0 fully saturated rings. The summed E-state index contributed by atoms with van der Waals surface area (Å²) in [6, 6.07) is 0. The summed E-state index contributed by atoms with van der Waals surface area (Å²) >= 11 is 0. The molecule has 0 atom stereocenters. The number of nitrogens with one attached hydrogen (secondary N) is 1. The summed E-state index contributed by atoms with van der Waals surface area (Å²) < 4.78 is 9.16. The number of carbonyl (C=O) groups excluding carboxylic acids is 2. The van der Waals surface area contributed by atoms with Gasteiger partial charge in [0, 0.05) is 26.2 Å². The van der Waals surface area contributed by atoms with Crippen LogP contribution in [0.1, 0.15) is 12.8 Å². The second-order valence-corrected chi connectivity index (χ2v) is 3.60. The van der Waals surface area contributed by atoms with Gasteiger partial charge in [0.1, 0.15) is 0 Å². The van der Waals surface area contributed by atoms with E-state index in [2.05, 4.69) is 14.8 Å². The fourth-order valence-electron chi connectivity index (χ4n) is 1.31. The Morgan fingerprint density at radius 1 is 1.00 bits per heavy atom. The summed E-state index contributed by atoms with van der Waals surface area (Å²) in [6.07, 6.45) is 0.669. The van der Waals surface area contributed by atoms with Crippen LogP contribution in [0.2, 0.25) is 0 Å². The third kappa shape index (κ3) is 8.65. The molecular weight excluding hydrogens is 224 g/mol. The van der Waals surface area contributed by atoms with Gasteiger partial charge in [0.25, 0.3) is 0 Å². The van der Waals surface area contributed by atoms with Crippen molar-refractivity contribution in [2.45, 2.75) is 12.8 Å². The lowest BCUT2D eigenvalue weighted by atomic mass is 10.3. The van der Waals surface area contributed by atoms with E-state index in [9.17, 15) is 9.59 Å². The SMILES string of the molecule is CNCCN(CCC(=O)OC)CCC(=O)OC. The Morgan fingerprint density at radius 3 is 1.82 bits per heavy atom. The number of likely N-dealkylation sites (N-methyl/N-ethyl adjacent to an activating group) is 1. The van der Waals surface area contributed by atoms with Crippen molar-refractivity contribution in [3.8, 4) is 0 Å². The van der Waals surface area contributed by atoms with Crippen molar-refractivity contribution in [1.82, 2.24) is 10.2 Å². The molecule has 0 aliphatic heterocycles. The van der Waals surface area contributed by atoms with Crippen molar-refractivity contribution < 1.29 is 19.1 Å². The van der Waals surface area contributed by atoms with Gasteiger partial charge in [-0.1, -0.05) is 0 Å². The Balaban J connectivity index is 3.95. The molecule has 6 heteroatoms. The van der Waals surface area contributed by atoms with Crippen molar-refractivity contribution in [1.29, 1.82) is 0 Å². The van der Waals surface area contributed by atoms with Gasteiger partial charge >= 0.3 is 11.9 Å². The summed E-state index contributed by atoms with van der Waals surface area (Å²) in [6.45, 7) is 2.77. The van der Waals surface area contributed by atoms with Crippen LogP contribution >= 0.6 is 0 Å². The van der Waals surface area contributed by atoms with Crippen molar-refractivity contribution >= 4 is 11.9 Å². The lowest BCUT2D eigenvalue weighted by molar-refractivity contribution is -0.141. The topological polar surface area (TPSA) is 67.9 Å². The van der Waals surface area contributed by atoms with Crippen LogP contribution in [0.3, 0.4) is 0 Å². The molecule has 0 bridgehead atoms. The predicted octanol–water partition coefficient (Wildman–Crippen LogP) is -0.366. The number of rotatable bonds is 9. The first-order chi connectivity index (χ1) is 8.13. The summed E-state index contributed by atoms with van der Waals surface area (Å²) in [4.78, 5) is 24.1. The molecule has 0 aliphatic rings. The average Bonchev–Trinajstić information content (AvgIpc) is 2.36. The molecular formula is C11H22N2O4. The number of hydrogen-bond acceptors (Lipinski definition) is 6. The summed E-state index contributed by atoms with van der Waals surface area (Å²) in [5.41, 5.74) is 0. The Labute approximate surface area is 102 Å². The van der Waals surface area contributed by atoms with E-state index in [1.165, 1.54) is 14.2 Å². The van der Waals surface area contributed by atoms with E-state index in [0.29, 0.717) is 25.9 Å². The molecule has 0 aromatic heterocycles. The molecule has 0 rings (SSSR count).